The van der Waals surface area contributed by atoms with Crippen molar-refractivity contribution in [2.45, 2.75) is 18.9 Å². The van der Waals surface area contributed by atoms with Crippen molar-refractivity contribution in [2.75, 3.05) is 12.4 Å². The van der Waals surface area contributed by atoms with Crippen molar-refractivity contribution in [2.24, 2.45) is 0 Å². The van der Waals surface area contributed by atoms with Gasteiger partial charge in [0.1, 0.15) is 10.8 Å². The second-order valence-electron chi connectivity index (χ2n) is 6.50. The Morgan fingerprint density at radius 3 is 2.79 bits per heavy atom. The number of carbonyl (C=O) groups is 2. The van der Waals surface area contributed by atoms with E-state index in [0.29, 0.717) is 17.0 Å². The van der Waals surface area contributed by atoms with Crippen LogP contribution >= 0.6 is 11.3 Å². The second kappa shape index (κ2) is 7.82. The topological polar surface area (TPSA) is 80.3 Å². The molecule has 0 spiro atoms. The van der Waals surface area contributed by atoms with Crippen molar-refractivity contribution in [1.29, 1.82) is 0 Å². The van der Waals surface area contributed by atoms with Crippen LogP contribution < -0.4 is 15.4 Å². The fourth-order valence-electron chi connectivity index (χ4n) is 2.72. The molecule has 0 atom stereocenters. The van der Waals surface area contributed by atoms with Crippen LogP contribution in [0.2, 0.25) is 0 Å². The SMILES string of the molecule is COc1ccc(NC(=O)/C=C/c2nc3ccccc3s2)c(C(=O)NC2CC2)c1. The summed E-state index contributed by atoms with van der Waals surface area (Å²) >= 11 is 1.51. The Bertz CT molecular complexity index is 1040. The number of amides is 2. The van der Waals surface area contributed by atoms with E-state index in [0.717, 1.165) is 28.1 Å². The first-order valence-corrected chi connectivity index (χ1v) is 9.77. The van der Waals surface area contributed by atoms with Crippen LogP contribution in [0, 0.1) is 0 Å². The number of rotatable bonds is 6. The molecule has 3 aromatic rings. The minimum atomic E-state index is -0.329. The zero-order valence-corrected chi connectivity index (χ0v) is 16.1. The van der Waals surface area contributed by atoms with Crippen LogP contribution in [0.25, 0.3) is 16.3 Å². The van der Waals surface area contributed by atoms with Crippen molar-refractivity contribution in [3.05, 3.63) is 59.1 Å². The Labute approximate surface area is 166 Å². The predicted molar refractivity (Wildman–Crippen MR) is 111 cm³/mol. The van der Waals surface area contributed by atoms with E-state index in [2.05, 4.69) is 15.6 Å². The van der Waals surface area contributed by atoms with Gasteiger partial charge in [0.15, 0.2) is 0 Å². The van der Waals surface area contributed by atoms with Crippen molar-refractivity contribution in [1.82, 2.24) is 10.3 Å². The smallest absolute Gasteiger partial charge is 0.253 e. The summed E-state index contributed by atoms with van der Waals surface area (Å²) in [6, 6.07) is 13.0. The number of para-hydroxylation sites is 1. The minimum absolute atomic E-state index is 0.216. The molecule has 7 heteroatoms. The third kappa shape index (κ3) is 4.20. The highest BCUT2D eigenvalue weighted by molar-refractivity contribution is 7.19. The molecule has 1 heterocycles. The van der Waals surface area contributed by atoms with Gasteiger partial charge in [-0.05, 0) is 49.2 Å². The molecule has 1 aromatic heterocycles. The Balaban J connectivity index is 1.50. The molecule has 0 unspecified atom stereocenters. The van der Waals surface area contributed by atoms with Gasteiger partial charge in [-0.15, -0.1) is 11.3 Å². The number of hydrogen-bond donors (Lipinski definition) is 2. The van der Waals surface area contributed by atoms with Crippen LogP contribution in [-0.4, -0.2) is 29.9 Å². The molecule has 1 aliphatic carbocycles. The number of fused-ring (bicyclic) bond motifs is 1. The highest BCUT2D eigenvalue weighted by Crippen LogP contribution is 2.25. The highest BCUT2D eigenvalue weighted by atomic mass is 32.1. The molecule has 4 rings (SSSR count). The lowest BCUT2D eigenvalue weighted by Gasteiger charge is -2.12. The first-order valence-electron chi connectivity index (χ1n) is 8.96. The molecule has 1 fully saturated rings. The number of nitrogens with zero attached hydrogens (tertiary/aromatic N) is 1. The lowest BCUT2D eigenvalue weighted by atomic mass is 10.1. The van der Waals surface area contributed by atoms with E-state index in [-0.39, 0.29) is 17.9 Å². The zero-order chi connectivity index (χ0) is 19.5. The van der Waals surface area contributed by atoms with Gasteiger partial charge in [0.2, 0.25) is 5.91 Å². The van der Waals surface area contributed by atoms with Crippen LogP contribution in [0.15, 0.2) is 48.5 Å². The molecule has 2 aromatic carbocycles. The fraction of sp³-hybridized carbons (Fsp3) is 0.190. The van der Waals surface area contributed by atoms with Crippen molar-refractivity contribution < 1.29 is 14.3 Å². The van der Waals surface area contributed by atoms with E-state index in [1.807, 2.05) is 24.3 Å². The lowest BCUT2D eigenvalue weighted by Crippen LogP contribution is -2.26. The normalized spacial score (nSPS) is 13.6. The minimum Gasteiger partial charge on any atom is -0.497 e. The number of anilines is 1. The summed E-state index contributed by atoms with van der Waals surface area (Å²) in [5.41, 5.74) is 1.73. The van der Waals surface area contributed by atoms with E-state index in [1.165, 1.54) is 24.5 Å². The van der Waals surface area contributed by atoms with Gasteiger partial charge in [0.05, 0.1) is 28.6 Å². The standard InChI is InChI=1S/C21H19N3O3S/c1-27-14-8-9-16(15(12-14)21(26)22-13-6-7-13)23-19(25)10-11-20-24-17-4-2-3-5-18(17)28-20/h2-5,8-13H,6-7H2,1H3,(H,22,26)(H,23,25)/b11-10+. The molecule has 2 N–H and O–H groups in total. The van der Waals surface area contributed by atoms with Crippen LogP contribution in [0.4, 0.5) is 5.69 Å². The monoisotopic (exact) mass is 393 g/mol. The largest absolute Gasteiger partial charge is 0.497 e. The average molecular weight is 393 g/mol. The molecular formula is C21H19N3O3S. The Morgan fingerprint density at radius 2 is 2.04 bits per heavy atom. The number of thiazole rings is 1. The molecule has 142 valence electrons. The van der Waals surface area contributed by atoms with E-state index in [1.54, 1.807) is 24.3 Å². The van der Waals surface area contributed by atoms with Crippen LogP contribution in [0.5, 0.6) is 5.75 Å². The molecule has 28 heavy (non-hydrogen) atoms. The molecule has 0 bridgehead atoms. The molecule has 0 aliphatic heterocycles. The molecule has 1 aliphatic rings. The van der Waals surface area contributed by atoms with E-state index >= 15 is 0 Å². The molecule has 0 saturated heterocycles. The third-order valence-electron chi connectivity index (χ3n) is 4.33. The maximum atomic E-state index is 12.5. The fourth-order valence-corrected chi connectivity index (χ4v) is 3.59. The van der Waals surface area contributed by atoms with Gasteiger partial charge in [0.25, 0.3) is 5.91 Å². The summed E-state index contributed by atoms with van der Waals surface area (Å²) < 4.78 is 6.27. The second-order valence-corrected chi connectivity index (χ2v) is 7.56. The van der Waals surface area contributed by atoms with Crippen LogP contribution in [0.1, 0.15) is 28.2 Å². The van der Waals surface area contributed by atoms with Crippen molar-refractivity contribution in [3.63, 3.8) is 0 Å². The molecule has 0 radical (unpaired) electrons. The van der Waals surface area contributed by atoms with Gasteiger partial charge in [-0.1, -0.05) is 12.1 Å². The maximum Gasteiger partial charge on any atom is 0.253 e. The van der Waals surface area contributed by atoms with Gasteiger partial charge in [-0.25, -0.2) is 4.98 Å². The van der Waals surface area contributed by atoms with Crippen molar-refractivity contribution in [3.8, 4) is 5.75 Å². The van der Waals surface area contributed by atoms with Crippen LogP contribution in [0.3, 0.4) is 0 Å². The first kappa shape index (κ1) is 18.2. The Morgan fingerprint density at radius 1 is 1.21 bits per heavy atom. The third-order valence-corrected chi connectivity index (χ3v) is 5.33. The predicted octanol–water partition coefficient (Wildman–Crippen LogP) is 3.85. The highest BCUT2D eigenvalue weighted by Gasteiger charge is 2.25. The van der Waals surface area contributed by atoms with Gasteiger partial charge in [0, 0.05) is 12.1 Å². The number of carbonyl (C=O) groups excluding carboxylic acids is 2. The number of methoxy groups -OCH3 is 1. The molecule has 1 saturated carbocycles. The Kier molecular flexibility index (Phi) is 5.08. The number of hydrogen-bond acceptors (Lipinski definition) is 5. The summed E-state index contributed by atoms with van der Waals surface area (Å²) in [5, 5.41) is 6.46. The molecule has 2 amide bonds. The average Bonchev–Trinajstić information content (AvgIpc) is 3.41. The molecular weight excluding hydrogens is 374 g/mol. The van der Waals surface area contributed by atoms with Crippen LogP contribution in [-0.2, 0) is 4.79 Å². The first-order chi connectivity index (χ1) is 13.6. The zero-order valence-electron chi connectivity index (χ0n) is 15.3. The number of benzene rings is 2. The molecule has 6 nitrogen and oxygen atoms in total. The summed E-state index contributed by atoms with van der Waals surface area (Å²) in [5.74, 6) is 0.0145. The van der Waals surface area contributed by atoms with E-state index < -0.39 is 0 Å². The maximum absolute atomic E-state index is 12.5. The lowest BCUT2D eigenvalue weighted by molar-refractivity contribution is -0.111. The van der Waals surface area contributed by atoms with E-state index in [4.69, 9.17) is 4.74 Å². The quantitative estimate of drug-likeness (QED) is 0.624. The number of ether oxygens (including phenoxy) is 1. The number of aromatic nitrogens is 1. The van der Waals surface area contributed by atoms with E-state index in [9.17, 15) is 9.59 Å². The summed E-state index contributed by atoms with van der Waals surface area (Å²) in [6.45, 7) is 0. The number of nitrogens with one attached hydrogen (secondary N) is 2. The van der Waals surface area contributed by atoms with Gasteiger partial charge in [-0.2, -0.15) is 0 Å². The summed E-state index contributed by atoms with van der Waals surface area (Å²) in [6.07, 6.45) is 5.07. The summed E-state index contributed by atoms with van der Waals surface area (Å²) in [7, 11) is 1.54. The van der Waals surface area contributed by atoms with Crippen molar-refractivity contribution >= 4 is 45.1 Å². The summed E-state index contributed by atoms with van der Waals surface area (Å²) in [4.78, 5) is 29.4. The Hall–Kier alpha value is -3.19. The van der Waals surface area contributed by atoms with Gasteiger partial charge >= 0.3 is 0 Å². The van der Waals surface area contributed by atoms with Gasteiger partial charge < -0.3 is 15.4 Å². The van der Waals surface area contributed by atoms with Gasteiger partial charge in [-0.3, -0.25) is 9.59 Å².